The number of hydrogen-bond acceptors (Lipinski definition) is 6. The number of methoxy groups -OCH3 is 1. The summed E-state index contributed by atoms with van der Waals surface area (Å²) in [6, 6.07) is 5.16. The molecule has 2 aromatic rings. The lowest BCUT2D eigenvalue weighted by Gasteiger charge is -2.23. The first kappa shape index (κ1) is 24.2. The van der Waals surface area contributed by atoms with Crippen LogP contribution in [0, 0.1) is 5.92 Å². The van der Waals surface area contributed by atoms with Gasteiger partial charge in [-0.15, -0.1) is 0 Å². The summed E-state index contributed by atoms with van der Waals surface area (Å²) in [4.78, 5) is 53.0. The van der Waals surface area contributed by atoms with E-state index in [1.807, 2.05) is 13.0 Å². The van der Waals surface area contributed by atoms with Crippen molar-refractivity contribution in [3.8, 4) is 5.75 Å². The number of carbonyl (C=O) groups is 4. The summed E-state index contributed by atoms with van der Waals surface area (Å²) >= 11 is 0. The minimum Gasteiger partial charge on any atom is -0.496 e. The molecule has 0 radical (unpaired) electrons. The third-order valence-electron chi connectivity index (χ3n) is 5.83. The first-order valence-electron chi connectivity index (χ1n) is 11.1. The van der Waals surface area contributed by atoms with Crippen LogP contribution in [0.15, 0.2) is 24.3 Å². The van der Waals surface area contributed by atoms with Crippen molar-refractivity contribution in [3.05, 3.63) is 30.0 Å². The number of rotatable bonds is 11. The van der Waals surface area contributed by atoms with Crippen molar-refractivity contribution in [2.75, 3.05) is 20.3 Å². The molecule has 0 bridgehead atoms. The van der Waals surface area contributed by atoms with E-state index in [1.165, 1.54) is 0 Å². The van der Waals surface area contributed by atoms with Gasteiger partial charge >= 0.3 is 0 Å². The van der Waals surface area contributed by atoms with E-state index in [-0.39, 0.29) is 18.0 Å². The average molecular weight is 459 g/mol. The molecule has 0 unspecified atom stereocenters. The fourth-order valence-electron chi connectivity index (χ4n) is 4.03. The van der Waals surface area contributed by atoms with E-state index in [1.54, 1.807) is 25.3 Å². The maximum absolute atomic E-state index is 13.0. The van der Waals surface area contributed by atoms with Crippen LogP contribution in [-0.2, 0) is 14.4 Å². The molecule has 178 valence electrons. The molecule has 1 aliphatic heterocycles. The Morgan fingerprint density at radius 1 is 1.24 bits per heavy atom. The second kappa shape index (κ2) is 11.0. The number of Topliss-reactive ketones (excluding diaryl/α,β-unsaturated/α-hetero) is 1. The lowest BCUT2D eigenvalue weighted by Crippen LogP contribution is -2.52. The Balaban J connectivity index is 1.72. The topological polar surface area (TPSA) is 150 Å². The van der Waals surface area contributed by atoms with Crippen molar-refractivity contribution in [3.63, 3.8) is 0 Å². The van der Waals surface area contributed by atoms with E-state index < -0.39 is 42.2 Å². The van der Waals surface area contributed by atoms with Gasteiger partial charge in [0.15, 0.2) is 5.78 Å². The van der Waals surface area contributed by atoms with Crippen LogP contribution in [0.25, 0.3) is 10.9 Å². The van der Waals surface area contributed by atoms with Crippen molar-refractivity contribution in [1.29, 1.82) is 0 Å². The van der Waals surface area contributed by atoms with Crippen LogP contribution in [0.1, 0.15) is 43.1 Å². The number of aliphatic hydroxyl groups is 1. The van der Waals surface area contributed by atoms with Crippen molar-refractivity contribution >= 4 is 34.4 Å². The summed E-state index contributed by atoms with van der Waals surface area (Å²) in [5.74, 6) is -1.55. The number of fused-ring (bicyclic) bond motifs is 1. The molecule has 1 aromatic carbocycles. The number of aromatic nitrogens is 1. The summed E-state index contributed by atoms with van der Waals surface area (Å²) in [7, 11) is 1.54. The molecule has 3 atom stereocenters. The van der Waals surface area contributed by atoms with E-state index >= 15 is 0 Å². The first-order chi connectivity index (χ1) is 15.9. The van der Waals surface area contributed by atoms with Crippen LogP contribution in [0.3, 0.4) is 0 Å². The van der Waals surface area contributed by atoms with E-state index in [2.05, 4.69) is 20.9 Å². The maximum atomic E-state index is 13.0. The summed E-state index contributed by atoms with van der Waals surface area (Å²) in [5.41, 5.74) is 0.994. The van der Waals surface area contributed by atoms with Crippen LogP contribution < -0.4 is 20.7 Å². The van der Waals surface area contributed by atoms with Crippen molar-refractivity contribution in [2.45, 2.75) is 44.7 Å². The first-order valence-corrected chi connectivity index (χ1v) is 11.1. The van der Waals surface area contributed by atoms with Crippen LogP contribution in [0.5, 0.6) is 5.75 Å². The van der Waals surface area contributed by atoms with Gasteiger partial charge in [0.25, 0.3) is 5.91 Å². The molecule has 33 heavy (non-hydrogen) atoms. The van der Waals surface area contributed by atoms with Gasteiger partial charge in [-0.3, -0.25) is 19.2 Å². The molecule has 3 amide bonds. The quantitative estimate of drug-likeness (QED) is 0.334. The summed E-state index contributed by atoms with van der Waals surface area (Å²) in [6.45, 7) is 1.64. The van der Waals surface area contributed by atoms with E-state index in [0.29, 0.717) is 31.6 Å². The van der Waals surface area contributed by atoms with Gasteiger partial charge in [0.1, 0.15) is 24.1 Å². The fourth-order valence-corrected chi connectivity index (χ4v) is 4.03. The fraction of sp³-hybridized carbons (Fsp3) is 0.478. The number of aliphatic hydroxyl groups excluding tert-OH is 1. The lowest BCUT2D eigenvalue weighted by atomic mass is 9.95. The number of carbonyl (C=O) groups excluding carboxylic acids is 4. The third-order valence-corrected chi connectivity index (χ3v) is 5.83. The molecule has 2 heterocycles. The maximum Gasteiger partial charge on any atom is 0.268 e. The largest absolute Gasteiger partial charge is 0.496 e. The van der Waals surface area contributed by atoms with E-state index in [4.69, 9.17) is 4.74 Å². The van der Waals surface area contributed by atoms with Crippen LogP contribution in [0.4, 0.5) is 0 Å². The van der Waals surface area contributed by atoms with Gasteiger partial charge in [-0.2, -0.15) is 0 Å². The molecule has 1 saturated heterocycles. The molecule has 10 nitrogen and oxygen atoms in total. The number of benzene rings is 1. The molecule has 5 N–H and O–H groups in total. The Hall–Kier alpha value is -3.40. The number of nitrogens with one attached hydrogen (secondary N) is 4. The lowest BCUT2D eigenvalue weighted by molar-refractivity contribution is -0.131. The van der Waals surface area contributed by atoms with Gasteiger partial charge in [0.05, 0.1) is 13.2 Å². The smallest absolute Gasteiger partial charge is 0.268 e. The third kappa shape index (κ3) is 5.70. The zero-order valence-electron chi connectivity index (χ0n) is 18.8. The highest BCUT2D eigenvalue weighted by Gasteiger charge is 2.32. The number of H-pyrrole nitrogens is 1. The van der Waals surface area contributed by atoms with Gasteiger partial charge in [0.2, 0.25) is 11.8 Å². The Morgan fingerprint density at radius 3 is 2.67 bits per heavy atom. The van der Waals surface area contributed by atoms with Gasteiger partial charge in [-0.1, -0.05) is 19.4 Å². The monoisotopic (exact) mass is 458 g/mol. The molecule has 1 aromatic heterocycles. The Kier molecular flexibility index (Phi) is 8.05. The van der Waals surface area contributed by atoms with Crippen molar-refractivity contribution < 1.29 is 29.0 Å². The Morgan fingerprint density at radius 2 is 2.03 bits per heavy atom. The molecule has 0 saturated carbocycles. The number of hydrogen-bond donors (Lipinski definition) is 5. The molecule has 3 rings (SSSR count). The highest BCUT2D eigenvalue weighted by molar-refractivity contribution is 6.02. The minimum absolute atomic E-state index is 0.103. The molecule has 0 aliphatic carbocycles. The number of aromatic amines is 1. The minimum atomic E-state index is -1.01. The molecular weight excluding hydrogens is 428 g/mol. The average Bonchev–Trinajstić information content (AvgIpc) is 3.43. The highest BCUT2D eigenvalue weighted by atomic mass is 16.5. The van der Waals surface area contributed by atoms with Gasteiger partial charge in [-0.25, -0.2) is 0 Å². The van der Waals surface area contributed by atoms with Crippen molar-refractivity contribution in [2.24, 2.45) is 5.92 Å². The summed E-state index contributed by atoms with van der Waals surface area (Å²) in [5, 5.41) is 18.1. The van der Waals surface area contributed by atoms with Crippen LogP contribution in [0.2, 0.25) is 0 Å². The SMILES string of the molecule is CCC[C@H](NC(=O)c1cc2c(OC)cccc2[nH]1)C(=O)N[C@@H](C[C@@H]1CCNC1=O)C(=O)CO. The molecule has 1 fully saturated rings. The predicted molar refractivity (Wildman–Crippen MR) is 121 cm³/mol. The Bertz CT molecular complexity index is 1030. The molecular formula is C23H30N4O6. The summed E-state index contributed by atoms with van der Waals surface area (Å²) in [6.07, 6.45) is 1.63. The number of ketones is 1. The second-order valence-electron chi connectivity index (χ2n) is 8.12. The van der Waals surface area contributed by atoms with E-state index in [0.717, 1.165) is 10.9 Å². The number of ether oxygens (including phenoxy) is 1. The summed E-state index contributed by atoms with van der Waals surface area (Å²) < 4.78 is 5.32. The van der Waals surface area contributed by atoms with Gasteiger partial charge in [-0.05, 0) is 37.5 Å². The Labute approximate surface area is 191 Å². The zero-order valence-corrected chi connectivity index (χ0v) is 18.8. The zero-order chi connectivity index (χ0) is 24.0. The van der Waals surface area contributed by atoms with Gasteiger partial charge in [0, 0.05) is 23.4 Å². The standard InChI is InChI=1S/C23H30N4O6/c1-3-5-16(22(31)27-17(19(29)12-28)10-13-8-9-24-21(13)30)26-23(32)18-11-14-15(25-18)6-4-7-20(14)33-2/h4,6-7,11,13,16-17,25,28H,3,5,8-10,12H2,1-2H3,(H,24,30)(H,26,32)(H,27,31)/t13-,16-,17-/m0/s1. The molecule has 10 heteroatoms. The normalized spacial score (nSPS) is 17.3. The molecule has 0 spiro atoms. The second-order valence-corrected chi connectivity index (χ2v) is 8.12. The molecule has 1 aliphatic rings. The predicted octanol–water partition coefficient (Wildman–Crippen LogP) is 0.647. The van der Waals surface area contributed by atoms with Crippen molar-refractivity contribution in [1.82, 2.24) is 20.9 Å². The van der Waals surface area contributed by atoms with E-state index in [9.17, 15) is 24.3 Å². The van der Waals surface area contributed by atoms with Crippen LogP contribution in [-0.4, -0.2) is 65.9 Å². The van der Waals surface area contributed by atoms with Crippen LogP contribution >= 0.6 is 0 Å². The number of amides is 3. The highest BCUT2D eigenvalue weighted by Crippen LogP contribution is 2.26. The van der Waals surface area contributed by atoms with Gasteiger partial charge < -0.3 is 30.8 Å².